The Balaban J connectivity index is 2.28. The van der Waals surface area contributed by atoms with Gasteiger partial charge in [0.1, 0.15) is 10.0 Å². The summed E-state index contributed by atoms with van der Waals surface area (Å²) in [6.45, 7) is 0. The van der Waals surface area contributed by atoms with Crippen LogP contribution in [0.4, 0.5) is 10.1 Å². The normalized spacial score (nSPS) is 11.3. The monoisotopic (exact) mass is 349 g/mol. The standard InChI is InChI=1S/C12H9ClFNO4S2/c13-7-1-3-9(14)10(5-7)15-21(18,19)12-4-2-8(20-12)6-11(16)17/h1-5,15H,6H2,(H,16,17). The number of carboxylic acid groups (broad SMARTS) is 1. The van der Waals surface area contributed by atoms with Crippen LogP contribution in [0.15, 0.2) is 34.5 Å². The Kier molecular flexibility index (Phi) is 4.50. The number of rotatable bonds is 5. The Labute approximate surface area is 129 Å². The second-order valence-corrected chi connectivity index (χ2v) is 7.53. The first-order chi connectivity index (χ1) is 9.78. The number of thiophene rings is 1. The van der Waals surface area contributed by atoms with E-state index in [-0.39, 0.29) is 21.3 Å². The minimum Gasteiger partial charge on any atom is -0.481 e. The van der Waals surface area contributed by atoms with E-state index in [9.17, 15) is 17.6 Å². The first-order valence-electron chi connectivity index (χ1n) is 5.56. The number of halogens is 2. The summed E-state index contributed by atoms with van der Waals surface area (Å²) in [6, 6.07) is 6.17. The average molecular weight is 350 g/mol. The van der Waals surface area contributed by atoms with Crippen molar-refractivity contribution in [3.8, 4) is 0 Å². The molecule has 0 unspecified atom stereocenters. The molecular formula is C12H9ClFNO4S2. The van der Waals surface area contributed by atoms with Crippen LogP contribution in [0.3, 0.4) is 0 Å². The van der Waals surface area contributed by atoms with Gasteiger partial charge < -0.3 is 5.11 Å². The van der Waals surface area contributed by atoms with Crippen molar-refractivity contribution in [2.75, 3.05) is 4.72 Å². The van der Waals surface area contributed by atoms with Crippen LogP contribution in [0.25, 0.3) is 0 Å². The fourth-order valence-corrected chi connectivity index (χ4v) is 4.09. The van der Waals surface area contributed by atoms with Crippen LogP contribution in [0.5, 0.6) is 0 Å². The lowest BCUT2D eigenvalue weighted by atomic mass is 10.3. The number of anilines is 1. The van der Waals surface area contributed by atoms with E-state index in [1.165, 1.54) is 18.2 Å². The maximum Gasteiger partial charge on any atom is 0.308 e. The van der Waals surface area contributed by atoms with Crippen LogP contribution in [-0.2, 0) is 21.2 Å². The highest BCUT2D eigenvalue weighted by molar-refractivity contribution is 7.94. The summed E-state index contributed by atoms with van der Waals surface area (Å²) in [4.78, 5) is 11.0. The van der Waals surface area contributed by atoms with Crippen molar-refractivity contribution in [1.82, 2.24) is 0 Å². The molecule has 0 saturated carbocycles. The number of hydrogen-bond acceptors (Lipinski definition) is 4. The van der Waals surface area contributed by atoms with Gasteiger partial charge in [0.05, 0.1) is 12.1 Å². The highest BCUT2D eigenvalue weighted by Gasteiger charge is 2.19. The molecule has 2 rings (SSSR count). The Hall–Kier alpha value is -1.64. The molecule has 0 fully saturated rings. The van der Waals surface area contributed by atoms with E-state index in [0.29, 0.717) is 4.88 Å². The summed E-state index contributed by atoms with van der Waals surface area (Å²) in [5.74, 6) is -1.82. The minimum atomic E-state index is -3.99. The molecule has 1 aromatic carbocycles. The van der Waals surface area contributed by atoms with Crippen LogP contribution in [0.1, 0.15) is 4.88 Å². The van der Waals surface area contributed by atoms with E-state index < -0.39 is 21.8 Å². The van der Waals surface area contributed by atoms with Gasteiger partial charge in [-0.2, -0.15) is 0 Å². The number of sulfonamides is 1. The largest absolute Gasteiger partial charge is 0.481 e. The highest BCUT2D eigenvalue weighted by atomic mass is 35.5. The molecule has 0 radical (unpaired) electrons. The quantitative estimate of drug-likeness (QED) is 0.869. The van der Waals surface area contributed by atoms with Gasteiger partial charge in [0.2, 0.25) is 0 Å². The molecule has 1 heterocycles. The third kappa shape index (κ3) is 3.93. The minimum absolute atomic E-state index is 0.0990. The van der Waals surface area contributed by atoms with Gasteiger partial charge in [-0.25, -0.2) is 12.8 Å². The van der Waals surface area contributed by atoms with Gasteiger partial charge in [-0.15, -0.1) is 11.3 Å². The van der Waals surface area contributed by atoms with E-state index in [2.05, 4.69) is 4.72 Å². The molecule has 21 heavy (non-hydrogen) atoms. The molecule has 5 nitrogen and oxygen atoms in total. The maximum absolute atomic E-state index is 13.5. The zero-order valence-corrected chi connectivity index (χ0v) is 12.7. The number of benzene rings is 1. The lowest BCUT2D eigenvalue weighted by Crippen LogP contribution is -2.12. The summed E-state index contributed by atoms with van der Waals surface area (Å²) in [5.41, 5.74) is -0.268. The molecule has 0 bridgehead atoms. The summed E-state index contributed by atoms with van der Waals surface area (Å²) >= 11 is 6.50. The number of carboxylic acids is 1. The number of nitrogens with one attached hydrogen (secondary N) is 1. The molecule has 0 aliphatic heterocycles. The van der Waals surface area contributed by atoms with Gasteiger partial charge in [-0.05, 0) is 30.3 Å². The molecular weight excluding hydrogens is 341 g/mol. The van der Waals surface area contributed by atoms with Gasteiger partial charge in [0.25, 0.3) is 10.0 Å². The zero-order valence-electron chi connectivity index (χ0n) is 10.3. The predicted octanol–water partition coefficient (Wildman–Crippen LogP) is 2.97. The summed E-state index contributed by atoms with van der Waals surface area (Å²) in [7, 11) is -3.99. The summed E-state index contributed by atoms with van der Waals surface area (Å²) < 4.78 is 39.7. The molecule has 0 saturated heterocycles. The molecule has 9 heteroatoms. The van der Waals surface area contributed by atoms with Crippen molar-refractivity contribution in [2.24, 2.45) is 0 Å². The molecule has 0 aliphatic rings. The SMILES string of the molecule is O=C(O)Cc1ccc(S(=O)(=O)Nc2cc(Cl)ccc2F)s1. The number of aliphatic carboxylic acids is 1. The van der Waals surface area contributed by atoms with Gasteiger partial charge >= 0.3 is 5.97 Å². The lowest BCUT2D eigenvalue weighted by molar-refractivity contribution is -0.136. The molecule has 0 aliphatic carbocycles. The Morgan fingerprint density at radius 2 is 2.05 bits per heavy atom. The fraction of sp³-hybridized carbons (Fsp3) is 0.0833. The zero-order chi connectivity index (χ0) is 15.6. The fourth-order valence-electron chi connectivity index (χ4n) is 1.52. The molecule has 0 atom stereocenters. The van der Waals surface area contributed by atoms with Crippen LogP contribution in [0, 0.1) is 5.82 Å². The molecule has 1 aromatic heterocycles. The second kappa shape index (κ2) is 6.00. The van der Waals surface area contributed by atoms with Crippen LogP contribution in [-0.4, -0.2) is 19.5 Å². The van der Waals surface area contributed by atoms with Crippen LogP contribution in [0.2, 0.25) is 5.02 Å². The smallest absolute Gasteiger partial charge is 0.308 e. The van der Waals surface area contributed by atoms with Crippen LogP contribution >= 0.6 is 22.9 Å². The first-order valence-corrected chi connectivity index (χ1v) is 8.24. The first kappa shape index (κ1) is 15.7. The molecule has 0 amide bonds. The predicted molar refractivity (Wildman–Crippen MR) is 77.9 cm³/mol. The van der Waals surface area contributed by atoms with Crippen molar-refractivity contribution in [3.63, 3.8) is 0 Å². The van der Waals surface area contributed by atoms with Crippen molar-refractivity contribution >= 4 is 44.6 Å². The average Bonchev–Trinajstić information content (AvgIpc) is 2.82. The van der Waals surface area contributed by atoms with Gasteiger partial charge in [0, 0.05) is 9.90 Å². The van der Waals surface area contributed by atoms with Gasteiger partial charge in [-0.1, -0.05) is 11.6 Å². The molecule has 112 valence electrons. The van der Waals surface area contributed by atoms with Crippen LogP contribution < -0.4 is 4.72 Å². The topological polar surface area (TPSA) is 83.5 Å². The van der Waals surface area contributed by atoms with Gasteiger partial charge in [-0.3, -0.25) is 9.52 Å². The van der Waals surface area contributed by atoms with E-state index >= 15 is 0 Å². The summed E-state index contributed by atoms with van der Waals surface area (Å²) in [6.07, 6.45) is -0.272. The van der Waals surface area contributed by atoms with Gasteiger partial charge in [0.15, 0.2) is 0 Å². The Morgan fingerprint density at radius 1 is 1.33 bits per heavy atom. The number of hydrogen-bond donors (Lipinski definition) is 2. The van der Waals surface area contributed by atoms with E-state index in [0.717, 1.165) is 23.5 Å². The van der Waals surface area contributed by atoms with E-state index in [1.54, 1.807) is 0 Å². The third-order valence-electron chi connectivity index (χ3n) is 2.40. The summed E-state index contributed by atoms with van der Waals surface area (Å²) in [5, 5.41) is 8.85. The highest BCUT2D eigenvalue weighted by Crippen LogP contribution is 2.27. The Morgan fingerprint density at radius 3 is 2.71 bits per heavy atom. The second-order valence-electron chi connectivity index (χ2n) is 4.02. The Bertz CT molecular complexity index is 788. The number of carbonyl (C=O) groups is 1. The third-order valence-corrected chi connectivity index (χ3v) is 5.58. The van der Waals surface area contributed by atoms with Crippen molar-refractivity contribution in [3.05, 3.63) is 46.0 Å². The van der Waals surface area contributed by atoms with Crippen molar-refractivity contribution < 1.29 is 22.7 Å². The van der Waals surface area contributed by atoms with E-state index in [4.69, 9.17) is 16.7 Å². The lowest BCUT2D eigenvalue weighted by Gasteiger charge is -2.07. The van der Waals surface area contributed by atoms with Crippen molar-refractivity contribution in [1.29, 1.82) is 0 Å². The molecule has 2 N–H and O–H groups in total. The van der Waals surface area contributed by atoms with E-state index in [1.807, 2.05) is 0 Å². The van der Waals surface area contributed by atoms with Crippen molar-refractivity contribution in [2.45, 2.75) is 10.6 Å². The molecule has 2 aromatic rings. The molecule has 0 spiro atoms. The maximum atomic E-state index is 13.5.